The maximum Gasteiger partial charge on any atom is 0.490 e. The molecule has 146 valence electrons. The van der Waals surface area contributed by atoms with Crippen molar-refractivity contribution in [1.82, 2.24) is 10.2 Å². The largest absolute Gasteiger partial charge is 0.490 e. The normalized spacial score (nSPS) is 25.5. The summed E-state index contributed by atoms with van der Waals surface area (Å²) in [4.78, 5) is 20.5. The van der Waals surface area contributed by atoms with Gasteiger partial charge in [-0.2, -0.15) is 26.3 Å². The van der Waals surface area contributed by atoms with Crippen LogP contribution in [0.15, 0.2) is 0 Å². The molecule has 2 atom stereocenters. The third kappa shape index (κ3) is 7.90. The molecule has 0 aromatic rings. The minimum Gasteiger partial charge on any atom is -0.475 e. The zero-order valence-electron chi connectivity index (χ0n) is 12.9. The predicted octanol–water partition coefficient (Wildman–Crippen LogP) is 1.91. The molecular formula is C13H18F6N2O4. The van der Waals surface area contributed by atoms with Crippen LogP contribution in [-0.4, -0.2) is 65.2 Å². The Bertz CT molecular complexity index is 454. The van der Waals surface area contributed by atoms with E-state index in [0.717, 1.165) is 18.0 Å². The molecule has 2 saturated heterocycles. The molecule has 3 fully saturated rings. The molecule has 12 heteroatoms. The van der Waals surface area contributed by atoms with Gasteiger partial charge in [0.05, 0.1) is 6.17 Å². The smallest absolute Gasteiger partial charge is 0.475 e. The van der Waals surface area contributed by atoms with E-state index in [1.54, 1.807) is 0 Å². The number of nitrogens with one attached hydrogen (secondary N) is 1. The van der Waals surface area contributed by atoms with Crippen LogP contribution < -0.4 is 5.32 Å². The van der Waals surface area contributed by atoms with Crippen molar-refractivity contribution in [2.45, 2.75) is 37.8 Å². The van der Waals surface area contributed by atoms with Crippen LogP contribution in [0.2, 0.25) is 0 Å². The summed E-state index contributed by atoms with van der Waals surface area (Å²) in [5.41, 5.74) is 0. The van der Waals surface area contributed by atoms with Gasteiger partial charge in [0, 0.05) is 19.6 Å². The molecule has 2 bridgehead atoms. The lowest BCUT2D eigenvalue weighted by molar-refractivity contribution is -0.193. The van der Waals surface area contributed by atoms with Crippen molar-refractivity contribution in [3.05, 3.63) is 0 Å². The number of likely N-dealkylation sites (tertiary alicyclic amines) is 1. The third-order valence-corrected chi connectivity index (χ3v) is 3.81. The summed E-state index contributed by atoms with van der Waals surface area (Å²) in [5, 5.41) is 17.8. The summed E-state index contributed by atoms with van der Waals surface area (Å²) in [6.45, 7) is 4.05. The van der Waals surface area contributed by atoms with Crippen molar-refractivity contribution in [3.8, 4) is 0 Å². The average Bonchev–Trinajstić information content (AvgIpc) is 3.02. The minimum atomic E-state index is -5.08. The Morgan fingerprint density at radius 3 is 1.68 bits per heavy atom. The fraction of sp³-hybridized carbons (Fsp3) is 0.846. The fourth-order valence-electron chi connectivity index (χ4n) is 2.50. The lowest BCUT2D eigenvalue weighted by Crippen LogP contribution is -2.44. The number of aliphatic carboxylic acids is 2. The van der Waals surface area contributed by atoms with Crippen LogP contribution in [0.1, 0.15) is 19.3 Å². The van der Waals surface area contributed by atoms with E-state index < -0.39 is 24.3 Å². The second-order valence-electron chi connectivity index (χ2n) is 6.03. The first-order valence-electron chi connectivity index (χ1n) is 7.38. The number of carbonyl (C=O) groups is 2. The Kier molecular flexibility index (Phi) is 7.06. The number of halogens is 6. The summed E-state index contributed by atoms with van der Waals surface area (Å²) >= 11 is 0. The van der Waals surface area contributed by atoms with Crippen LogP contribution in [0.4, 0.5) is 26.3 Å². The fourth-order valence-corrected chi connectivity index (χ4v) is 2.50. The van der Waals surface area contributed by atoms with Gasteiger partial charge in [0.2, 0.25) is 0 Å². The third-order valence-electron chi connectivity index (χ3n) is 3.81. The molecule has 3 aliphatic rings. The van der Waals surface area contributed by atoms with E-state index in [-0.39, 0.29) is 0 Å². The number of alkyl halides is 6. The first-order chi connectivity index (χ1) is 11.3. The number of hydrogen-bond donors (Lipinski definition) is 3. The van der Waals surface area contributed by atoms with Crippen molar-refractivity contribution in [3.63, 3.8) is 0 Å². The lowest BCUT2D eigenvalue weighted by Gasteiger charge is -2.27. The molecule has 0 aromatic heterocycles. The van der Waals surface area contributed by atoms with Gasteiger partial charge in [-0.05, 0) is 31.1 Å². The molecule has 2 heterocycles. The Morgan fingerprint density at radius 1 is 1.00 bits per heavy atom. The van der Waals surface area contributed by atoms with Gasteiger partial charge >= 0.3 is 24.3 Å². The highest BCUT2D eigenvalue weighted by Gasteiger charge is 2.40. The first kappa shape index (κ1) is 21.5. The van der Waals surface area contributed by atoms with E-state index >= 15 is 0 Å². The second-order valence-corrected chi connectivity index (χ2v) is 6.03. The summed E-state index contributed by atoms with van der Waals surface area (Å²) in [6.07, 6.45) is -4.99. The van der Waals surface area contributed by atoms with Gasteiger partial charge in [0.25, 0.3) is 0 Å². The van der Waals surface area contributed by atoms with Gasteiger partial charge in [-0.25, -0.2) is 9.59 Å². The molecule has 6 nitrogen and oxygen atoms in total. The zero-order chi connectivity index (χ0) is 19.4. The highest BCUT2D eigenvalue weighted by molar-refractivity contribution is 5.73. The zero-order valence-corrected chi connectivity index (χ0v) is 12.9. The predicted molar refractivity (Wildman–Crippen MR) is 71.6 cm³/mol. The quantitative estimate of drug-likeness (QED) is 0.635. The van der Waals surface area contributed by atoms with Crippen LogP contribution in [0.25, 0.3) is 0 Å². The number of hydrogen-bond acceptors (Lipinski definition) is 4. The molecule has 1 aliphatic carbocycles. The Morgan fingerprint density at radius 2 is 1.44 bits per heavy atom. The maximum absolute atomic E-state index is 10.6. The number of fused-ring (bicyclic) bond motifs is 2. The highest BCUT2D eigenvalue weighted by Crippen LogP contribution is 2.34. The summed E-state index contributed by atoms with van der Waals surface area (Å²) in [6, 6.07) is 0. The molecule has 2 aliphatic heterocycles. The molecule has 0 spiro atoms. The lowest BCUT2D eigenvalue weighted by atomic mass is 10.2. The van der Waals surface area contributed by atoms with Gasteiger partial charge in [0.15, 0.2) is 0 Å². The Balaban J connectivity index is 0.000000199. The average molecular weight is 380 g/mol. The standard InChI is InChI=1S/C9H16N2.2C2HF3O2/c1-2-7(1)5-11-6-8-3-9(11)10-4-8;2*3-2(4,5)1(6)7/h7-10H,1-6H2;2*(H,6,7). The van der Waals surface area contributed by atoms with Gasteiger partial charge in [-0.15, -0.1) is 0 Å². The minimum absolute atomic E-state index is 0.764. The maximum atomic E-state index is 10.6. The van der Waals surface area contributed by atoms with Crippen molar-refractivity contribution in [2.24, 2.45) is 11.8 Å². The molecule has 3 rings (SSSR count). The summed E-state index contributed by atoms with van der Waals surface area (Å²) < 4.78 is 63.5. The molecule has 0 aromatic carbocycles. The molecule has 3 N–H and O–H groups in total. The highest BCUT2D eigenvalue weighted by atomic mass is 19.4. The summed E-state index contributed by atoms with van der Waals surface area (Å²) in [5.74, 6) is -3.46. The van der Waals surface area contributed by atoms with Crippen LogP contribution in [0.5, 0.6) is 0 Å². The van der Waals surface area contributed by atoms with Gasteiger partial charge in [-0.3, -0.25) is 4.90 Å². The van der Waals surface area contributed by atoms with E-state index in [0.29, 0.717) is 0 Å². The van der Waals surface area contributed by atoms with E-state index in [1.807, 2.05) is 0 Å². The SMILES string of the molecule is C1CC1CN1CC2CNC1C2.O=C(O)C(F)(F)F.O=C(O)C(F)(F)F. The number of rotatable bonds is 2. The van der Waals surface area contributed by atoms with Gasteiger partial charge < -0.3 is 15.5 Å². The van der Waals surface area contributed by atoms with Crippen molar-refractivity contribution >= 4 is 11.9 Å². The van der Waals surface area contributed by atoms with E-state index in [2.05, 4.69) is 10.2 Å². The van der Waals surface area contributed by atoms with Crippen LogP contribution in [0.3, 0.4) is 0 Å². The van der Waals surface area contributed by atoms with Crippen molar-refractivity contribution < 1.29 is 46.1 Å². The van der Waals surface area contributed by atoms with E-state index in [1.165, 1.54) is 38.9 Å². The van der Waals surface area contributed by atoms with E-state index in [4.69, 9.17) is 19.8 Å². The van der Waals surface area contributed by atoms with Crippen LogP contribution in [-0.2, 0) is 9.59 Å². The second kappa shape index (κ2) is 8.21. The van der Waals surface area contributed by atoms with Crippen molar-refractivity contribution in [2.75, 3.05) is 19.6 Å². The van der Waals surface area contributed by atoms with E-state index in [9.17, 15) is 26.3 Å². The van der Waals surface area contributed by atoms with Gasteiger partial charge in [0.1, 0.15) is 0 Å². The Labute approximate surface area is 138 Å². The topological polar surface area (TPSA) is 89.9 Å². The van der Waals surface area contributed by atoms with Gasteiger partial charge in [-0.1, -0.05) is 0 Å². The molecular weight excluding hydrogens is 362 g/mol. The van der Waals surface area contributed by atoms with Crippen molar-refractivity contribution in [1.29, 1.82) is 0 Å². The molecule has 2 unspecified atom stereocenters. The number of carboxylic acids is 2. The molecule has 1 saturated carbocycles. The van der Waals surface area contributed by atoms with Crippen LogP contribution in [0, 0.1) is 11.8 Å². The molecule has 25 heavy (non-hydrogen) atoms. The Hall–Kier alpha value is -1.56. The number of nitrogens with zero attached hydrogens (tertiary/aromatic N) is 1. The van der Waals surface area contributed by atoms with Crippen LogP contribution >= 0.6 is 0 Å². The monoisotopic (exact) mass is 380 g/mol. The molecule has 0 radical (unpaired) electrons. The number of carboxylic acid groups (broad SMARTS) is 2. The summed E-state index contributed by atoms with van der Waals surface area (Å²) in [7, 11) is 0. The molecule has 0 amide bonds. The first-order valence-corrected chi connectivity index (χ1v) is 7.38.